The van der Waals surface area contributed by atoms with Crippen molar-refractivity contribution in [3.8, 4) is 0 Å². The van der Waals surface area contributed by atoms with Crippen molar-refractivity contribution in [2.75, 3.05) is 26.4 Å². The number of rotatable bonds is 26. The van der Waals surface area contributed by atoms with E-state index in [4.69, 9.17) is 14.2 Å². The Morgan fingerprint density at radius 3 is 1.18 bits per heavy atom. The molecule has 0 spiro atoms. The third-order valence-corrected chi connectivity index (χ3v) is 7.15. The van der Waals surface area contributed by atoms with E-state index in [9.17, 15) is 29.7 Å². The predicted molar refractivity (Wildman–Crippen MR) is 150 cm³/mol. The molecule has 0 aliphatic rings. The number of unbranched alkanes of at least 4 members (excludes halogenated alkanes) is 12. The minimum absolute atomic E-state index is 0.0176. The lowest BCUT2D eigenvalue weighted by Crippen LogP contribution is -2.63. The number of carbonyl (C=O) groups excluding carboxylic acids is 3. The van der Waals surface area contributed by atoms with Crippen LogP contribution in [0.4, 0.5) is 0 Å². The number of aliphatic hydroxyl groups is 3. The zero-order chi connectivity index (χ0) is 29.4. The fraction of sp³-hybridized carbons (Fsp3) is 0.900. The first-order chi connectivity index (χ1) is 18.8. The molecular formula is C30H56O9. The quantitative estimate of drug-likeness (QED) is 0.0725. The van der Waals surface area contributed by atoms with Gasteiger partial charge in [0.15, 0.2) is 6.61 Å². The zero-order valence-corrected chi connectivity index (χ0v) is 24.8. The van der Waals surface area contributed by atoms with Crippen molar-refractivity contribution in [1.29, 1.82) is 0 Å². The molecular weight excluding hydrogens is 504 g/mol. The molecule has 9 heteroatoms. The monoisotopic (exact) mass is 560 g/mol. The molecule has 0 aromatic heterocycles. The van der Waals surface area contributed by atoms with Crippen LogP contribution in [0, 0.1) is 5.41 Å². The summed E-state index contributed by atoms with van der Waals surface area (Å²) in [4.78, 5) is 38.4. The largest absolute Gasteiger partial charge is 0.457 e. The van der Waals surface area contributed by atoms with Crippen LogP contribution in [0.2, 0.25) is 0 Å². The maximum absolute atomic E-state index is 12.9. The highest BCUT2D eigenvalue weighted by molar-refractivity contribution is 5.73. The normalized spacial score (nSPS) is 11.8. The molecule has 0 radical (unpaired) electrons. The number of esters is 3. The minimum Gasteiger partial charge on any atom is -0.457 e. The van der Waals surface area contributed by atoms with E-state index in [-0.39, 0.29) is 19.3 Å². The molecule has 0 aromatic rings. The highest BCUT2D eigenvalue weighted by Gasteiger charge is 2.59. The van der Waals surface area contributed by atoms with Crippen molar-refractivity contribution >= 4 is 17.9 Å². The fourth-order valence-electron chi connectivity index (χ4n) is 4.30. The van der Waals surface area contributed by atoms with Gasteiger partial charge in [-0.05, 0) is 19.3 Å². The standard InChI is InChI=1S/C30H56O9/c1-4-7-10-13-16-19-26(34)37-25-30(29(22-31,23-32)24-33,38-27(35)20-17-14-11-8-5-2)39-28(36)21-18-15-12-9-6-3/h31-33H,4-25H2,1-3H3. The van der Waals surface area contributed by atoms with Gasteiger partial charge in [0.05, 0.1) is 19.8 Å². The number of aliphatic hydroxyl groups excluding tert-OH is 3. The van der Waals surface area contributed by atoms with Crippen LogP contribution in [-0.2, 0) is 28.6 Å². The Bertz CT molecular complexity index is 610. The highest BCUT2D eigenvalue weighted by Crippen LogP contribution is 2.37. The summed E-state index contributed by atoms with van der Waals surface area (Å²) < 4.78 is 16.8. The lowest BCUT2D eigenvalue weighted by Gasteiger charge is -2.44. The molecule has 0 heterocycles. The van der Waals surface area contributed by atoms with Crippen LogP contribution >= 0.6 is 0 Å². The summed E-state index contributed by atoms with van der Waals surface area (Å²) in [5.74, 6) is -4.40. The molecule has 230 valence electrons. The van der Waals surface area contributed by atoms with Crippen LogP contribution in [0.25, 0.3) is 0 Å². The van der Waals surface area contributed by atoms with Crippen LogP contribution in [0.3, 0.4) is 0 Å². The molecule has 0 aromatic carbocycles. The number of hydrogen-bond donors (Lipinski definition) is 3. The van der Waals surface area contributed by atoms with Gasteiger partial charge in [0, 0.05) is 19.3 Å². The van der Waals surface area contributed by atoms with Gasteiger partial charge in [0.2, 0.25) is 0 Å². The third kappa shape index (κ3) is 15.0. The van der Waals surface area contributed by atoms with E-state index >= 15 is 0 Å². The van der Waals surface area contributed by atoms with Gasteiger partial charge in [-0.15, -0.1) is 0 Å². The summed E-state index contributed by atoms with van der Waals surface area (Å²) in [6.07, 6.45) is 13.6. The van der Waals surface area contributed by atoms with E-state index in [1.54, 1.807) is 0 Å². The van der Waals surface area contributed by atoms with Crippen LogP contribution in [-0.4, -0.2) is 65.4 Å². The van der Waals surface area contributed by atoms with Crippen molar-refractivity contribution < 1.29 is 43.9 Å². The van der Waals surface area contributed by atoms with Crippen LogP contribution < -0.4 is 0 Å². The molecule has 0 bridgehead atoms. The molecule has 0 saturated carbocycles. The molecule has 0 aliphatic heterocycles. The van der Waals surface area contributed by atoms with E-state index in [0.717, 1.165) is 77.0 Å². The lowest BCUT2D eigenvalue weighted by molar-refractivity contribution is -0.306. The van der Waals surface area contributed by atoms with Crippen LogP contribution in [0.15, 0.2) is 0 Å². The van der Waals surface area contributed by atoms with Gasteiger partial charge >= 0.3 is 23.7 Å². The molecule has 0 unspecified atom stereocenters. The third-order valence-electron chi connectivity index (χ3n) is 7.15. The van der Waals surface area contributed by atoms with Gasteiger partial charge in [-0.1, -0.05) is 97.8 Å². The SMILES string of the molecule is CCCCCCCC(=O)OCC(OC(=O)CCCCCCC)(OC(=O)CCCCCCC)C(CO)(CO)CO. The summed E-state index contributed by atoms with van der Waals surface area (Å²) in [6.45, 7) is 2.93. The van der Waals surface area contributed by atoms with Crippen molar-refractivity contribution in [3.63, 3.8) is 0 Å². The van der Waals surface area contributed by atoms with E-state index in [1.165, 1.54) is 0 Å². The highest BCUT2D eigenvalue weighted by atomic mass is 16.8. The van der Waals surface area contributed by atoms with Crippen molar-refractivity contribution in [2.24, 2.45) is 5.41 Å². The van der Waals surface area contributed by atoms with E-state index in [2.05, 4.69) is 20.8 Å². The Morgan fingerprint density at radius 1 is 0.513 bits per heavy atom. The molecule has 0 aliphatic carbocycles. The molecule has 3 N–H and O–H groups in total. The topological polar surface area (TPSA) is 140 Å². The molecule has 0 atom stereocenters. The predicted octanol–water partition coefficient (Wildman–Crippen LogP) is 5.36. The summed E-state index contributed by atoms with van der Waals surface area (Å²) in [7, 11) is 0. The molecule has 9 nitrogen and oxygen atoms in total. The summed E-state index contributed by atoms with van der Waals surface area (Å²) in [5, 5.41) is 30.7. The minimum atomic E-state index is -2.37. The molecule has 0 fully saturated rings. The van der Waals surface area contributed by atoms with E-state index in [0.29, 0.717) is 19.3 Å². The maximum Gasteiger partial charge on any atom is 0.309 e. The molecule has 0 amide bonds. The first kappa shape index (κ1) is 37.3. The fourth-order valence-corrected chi connectivity index (χ4v) is 4.30. The van der Waals surface area contributed by atoms with E-state index in [1.807, 2.05) is 0 Å². The Kier molecular flexibility index (Phi) is 22.0. The lowest BCUT2D eigenvalue weighted by atomic mass is 9.81. The molecule has 0 rings (SSSR count). The van der Waals surface area contributed by atoms with Crippen LogP contribution in [0.1, 0.15) is 136 Å². The van der Waals surface area contributed by atoms with Gasteiger partial charge in [-0.25, -0.2) is 0 Å². The number of carbonyl (C=O) groups is 3. The van der Waals surface area contributed by atoms with Crippen molar-refractivity contribution in [1.82, 2.24) is 0 Å². The molecule has 0 saturated heterocycles. The molecule has 39 heavy (non-hydrogen) atoms. The number of ether oxygens (including phenoxy) is 3. The first-order valence-electron chi connectivity index (χ1n) is 15.2. The summed E-state index contributed by atoms with van der Waals surface area (Å²) in [6, 6.07) is 0. The Labute approximate surface area is 236 Å². The second-order valence-corrected chi connectivity index (χ2v) is 10.6. The van der Waals surface area contributed by atoms with Crippen LogP contribution in [0.5, 0.6) is 0 Å². The first-order valence-corrected chi connectivity index (χ1v) is 15.2. The second kappa shape index (κ2) is 23.0. The zero-order valence-electron chi connectivity index (χ0n) is 24.8. The Hall–Kier alpha value is -1.71. The van der Waals surface area contributed by atoms with E-state index < -0.39 is 55.5 Å². The van der Waals surface area contributed by atoms with Crippen molar-refractivity contribution in [3.05, 3.63) is 0 Å². The van der Waals surface area contributed by atoms with Crippen molar-refractivity contribution in [2.45, 2.75) is 142 Å². The Morgan fingerprint density at radius 2 is 0.846 bits per heavy atom. The average Bonchev–Trinajstić information content (AvgIpc) is 2.92. The van der Waals surface area contributed by atoms with Gasteiger partial charge in [-0.3, -0.25) is 14.4 Å². The van der Waals surface area contributed by atoms with Gasteiger partial charge < -0.3 is 29.5 Å². The average molecular weight is 561 g/mol. The maximum atomic E-state index is 12.9. The smallest absolute Gasteiger partial charge is 0.309 e. The van der Waals surface area contributed by atoms with Gasteiger partial charge in [0.25, 0.3) is 0 Å². The summed E-state index contributed by atoms with van der Waals surface area (Å²) >= 11 is 0. The second-order valence-electron chi connectivity index (χ2n) is 10.6. The Balaban J connectivity index is 5.75. The van der Waals surface area contributed by atoms with Gasteiger partial charge in [0.1, 0.15) is 5.41 Å². The number of hydrogen-bond acceptors (Lipinski definition) is 9. The van der Waals surface area contributed by atoms with Gasteiger partial charge in [-0.2, -0.15) is 0 Å². The summed E-state index contributed by atoms with van der Waals surface area (Å²) in [5.41, 5.74) is -1.98.